The van der Waals surface area contributed by atoms with Crippen molar-refractivity contribution in [1.29, 1.82) is 0 Å². The Bertz CT molecular complexity index is 932. The van der Waals surface area contributed by atoms with Gasteiger partial charge >= 0.3 is 0 Å². The molecule has 0 radical (unpaired) electrons. The molecule has 0 aliphatic heterocycles. The van der Waals surface area contributed by atoms with Gasteiger partial charge in [0.25, 0.3) is 0 Å². The van der Waals surface area contributed by atoms with Crippen molar-refractivity contribution in [3.05, 3.63) is 100 Å². The minimum Gasteiger partial charge on any atom is -0.493 e. The lowest BCUT2D eigenvalue weighted by Gasteiger charge is -2.11. The summed E-state index contributed by atoms with van der Waals surface area (Å²) in [5.74, 6) is 1.24. The van der Waals surface area contributed by atoms with Crippen molar-refractivity contribution in [3.8, 4) is 11.5 Å². The summed E-state index contributed by atoms with van der Waals surface area (Å²) in [6.45, 7) is 0.447. The molecule has 0 aliphatic carbocycles. The SMILES string of the molecule is COc1ccc(C=CC(=O)c2ccc(Br)cc2)cc1OCc1ccccc1. The molecular formula is C23H19BrO3. The smallest absolute Gasteiger partial charge is 0.185 e. The van der Waals surface area contributed by atoms with E-state index in [0.29, 0.717) is 23.7 Å². The molecule has 0 saturated carbocycles. The minimum atomic E-state index is -0.0509. The molecule has 0 fully saturated rings. The molecule has 0 atom stereocenters. The van der Waals surface area contributed by atoms with Crippen LogP contribution in [0, 0.1) is 0 Å². The predicted molar refractivity (Wildman–Crippen MR) is 111 cm³/mol. The number of carbonyl (C=O) groups excluding carboxylic acids is 1. The zero-order chi connectivity index (χ0) is 19.1. The van der Waals surface area contributed by atoms with Crippen LogP contribution in [0.1, 0.15) is 21.5 Å². The summed E-state index contributed by atoms with van der Waals surface area (Å²) in [5, 5.41) is 0. The Kier molecular flexibility index (Phi) is 6.44. The van der Waals surface area contributed by atoms with Gasteiger partial charge in [-0.2, -0.15) is 0 Å². The van der Waals surface area contributed by atoms with E-state index >= 15 is 0 Å². The van der Waals surface area contributed by atoms with Gasteiger partial charge in [0.1, 0.15) is 6.61 Å². The fraction of sp³-hybridized carbons (Fsp3) is 0.0870. The van der Waals surface area contributed by atoms with Crippen LogP contribution in [-0.2, 0) is 6.61 Å². The monoisotopic (exact) mass is 422 g/mol. The molecule has 0 aromatic heterocycles. The van der Waals surface area contributed by atoms with Crippen LogP contribution in [-0.4, -0.2) is 12.9 Å². The van der Waals surface area contributed by atoms with Gasteiger partial charge in [0.2, 0.25) is 0 Å². The quantitative estimate of drug-likeness (QED) is 0.349. The molecule has 0 heterocycles. The fourth-order valence-electron chi connectivity index (χ4n) is 2.53. The largest absolute Gasteiger partial charge is 0.493 e. The Morgan fingerprint density at radius 2 is 1.70 bits per heavy atom. The summed E-state index contributed by atoms with van der Waals surface area (Å²) in [7, 11) is 1.61. The van der Waals surface area contributed by atoms with Gasteiger partial charge in [-0.05, 0) is 53.6 Å². The van der Waals surface area contributed by atoms with E-state index < -0.39 is 0 Å². The molecule has 0 spiro atoms. The molecule has 0 bridgehead atoms. The minimum absolute atomic E-state index is 0.0509. The Morgan fingerprint density at radius 1 is 0.963 bits per heavy atom. The Balaban J connectivity index is 1.73. The number of halogens is 1. The second-order valence-electron chi connectivity index (χ2n) is 5.89. The van der Waals surface area contributed by atoms with Gasteiger partial charge in [0.15, 0.2) is 17.3 Å². The average molecular weight is 423 g/mol. The van der Waals surface area contributed by atoms with Gasteiger partial charge in [-0.1, -0.05) is 58.4 Å². The topological polar surface area (TPSA) is 35.5 Å². The van der Waals surface area contributed by atoms with Crippen LogP contribution >= 0.6 is 15.9 Å². The Labute approximate surface area is 167 Å². The van der Waals surface area contributed by atoms with E-state index in [9.17, 15) is 4.79 Å². The highest BCUT2D eigenvalue weighted by Crippen LogP contribution is 2.29. The Morgan fingerprint density at radius 3 is 2.41 bits per heavy atom. The van der Waals surface area contributed by atoms with Crippen LogP contribution in [0.5, 0.6) is 11.5 Å². The highest BCUT2D eigenvalue weighted by atomic mass is 79.9. The van der Waals surface area contributed by atoms with Gasteiger partial charge in [-0.25, -0.2) is 0 Å². The molecule has 3 rings (SSSR count). The number of benzene rings is 3. The van der Waals surface area contributed by atoms with Gasteiger partial charge in [-0.3, -0.25) is 4.79 Å². The molecule has 136 valence electrons. The normalized spacial score (nSPS) is 10.7. The number of hydrogen-bond acceptors (Lipinski definition) is 3. The number of carbonyl (C=O) groups is 1. The lowest BCUT2D eigenvalue weighted by Crippen LogP contribution is -1.98. The number of hydrogen-bond donors (Lipinski definition) is 0. The highest BCUT2D eigenvalue weighted by Gasteiger charge is 2.06. The third-order valence-electron chi connectivity index (χ3n) is 3.98. The van der Waals surface area contributed by atoms with Gasteiger partial charge in [0.05, 0.1) is 7.11 Å². The van der Waals surface area contributed by atoms with Crippen molar-refractivity contribution in [3.63, 3.8) is 0 Å². The zero-order valence-electron chi connectivity index (χ0n) is 14.9. The maximum absolute atomic E-state index is 12.3. The van der Waals surface area contributed by atoms with E-state index in [0.717, 1.165) is 15.6 Å². The molecule has 0 N–H and O–H groups in total. The first-order valence-electron chi connectivity index (χ1n) is 8.48. The maximum atomic E-state index is 12.3. The van der Waals surface area contributed by atoms with Gasteiger partial charge < -0.3 is 9.47 Å². The second-order valence-corrected chi connectivity index (χ2v) is 6.80. The molecular weight excluding hydrogens is 404 g/mol. The van der Waals surface area contributed by atoms with E-state index in [1.807, 2.05) is 60.7 Å². The van der Waals surface area contributed by atoms with Crippen molar-refractivity contribution < 1.29 is 14.3 Å². The lowest BCUT2D eigenvalue weighted by molar-refractivity contribution is 0.104. The van der Waals surface area contributed by atoms with Crippen LogP contribution in [0.3, 0.4) is 0 Å². The zero-order valence-corrected chi connectivity index (χ0v) is 16.5. The predicted octanol–water partition coefficient (Wildman–Crippen LogP) is 5.93. The number of allylic oxidation sites excluding steroid dienone is 1. The van der Waals surface area contributed by atoms with Crippen molar-refractivity contribution in [2.45, 2.75) is 6.61 Å². The maximum Gasteiger partial charge on any atom is 0.185 e. The van der Waals surface area contributed by atoms with E-state index in [1.165, 1.54) is 0 Å². The van der Waals surface area contributed by atoms with E-state index in [1.54, 1.807) is 31.4 Å². The average Bonchev–Trinajstić information content (AvgIpc) is 2.71. The fourth-order valence-corrected chi connectivity index (χ4v) is 2.79. The molecule has 4 heteroatoms. The van der Waals surface area contributed by atoms with E-state index in [4.69, 9.17) is 9.47 Å². The summed E-state index contributed by atoms with van der Waals surface area (Å²) in [4.78, 5) is 12.3. The van der Waals surface area contributed by atoms with Crippen LogP contribution in [0.15, 0.2) is 83.3 Å². The van der Waals surface area contributed by atoms with Crippen molar-refractivity contribution in [1.82, 2.24) is 0 Å². The lowest BCUT2D eigenvalue weighted by atomic mass is 10.1. The molecule has 3 aromatic rings. The van der Waals surface area contributed by atoms with Crippen LogP contribution in [0.4, 0.5) is 0 Å². The Hall–Kier alpha value is -2.85. The molecule has 0 amide bonds. The number of ether oxygens (including phenoxy) is 2. The summed E-state index contributed by atoms with van der Waals surface area (Å²) in [5.41, 5.74) is 2.58. The molecule has 27 heavy (non-hydrogen) atoms. The molecule has 3 aromatic carbocycles. The summed E-state index contributed by atoms with van der Waals surface area (Å²) >= 11 is 3.37. The highest BCUT2D eigenvalue weighted by molar-refractivity contribution is 9.10. The van der Waals surface area contributed by atoms with Crippen LogP contribution in [0.2, 0.25) is 0 Å². The van der Waals surface area contributed by atoms with Crippen molar-refractivity contribution >= 4 is 27.8 Å². The summed E-state index contributed by atoms with van der Waals surface area (Å²) in [6, 6.07) is 22.8. The third-order valence-corrected chi connectivity index (χ3v) is 4.51. The van der Waals surface area contributed by atoms with Crippen molar-refractivity contribution in [2.75, 3.05) is 7.11 Å². The van der Waals surface area contributed by atoms with Gasteiger partial charge in [0, 0.05) is 10.0 Å². The standard InChI is InChI=1S/C23H19BrO3/c1-26-22-14-8-17(7-13-21(25)19-9-11-20(24)12-10-19)15-23(22)27-16-18-5-3-2-4-6-18/h2-15H,16H2,1H3. The first-order valence-corrected chi connectivity index (χ1v) is 9.28. The number of methoxy groups -OCH3 is 1. The van der Waals surface area contributed by atoms with E-state index in [2.05, 4.69) is 15.9 Å². The molecule has 0 saturated heterocycles. The summed E-state index contributed by atoms with van der Waals surface area (Å²) < 4.78 is 12.2. The van der Waals surface area contributed by atoms with E-state index in [-0.39, 0.29) is 5.78 Å². The second kappa shape index (κ2) is 9.19. The number of rotatable bonds is 7. The van der Waals surface area contributed by atoms with Crippen LogP contribution in [0.25, 0.3) is 6.08 Å². The number of ketones is 1. The van der Waals surface area contributed by atoms with Crippen LogP contribution < -0.4 is 9.47 Å². The first kappa shape index (κ1) is 18.9. The third kappa shape index (κ3) is 5.31. The van der Waals surface area contributed by atoms with Gasteiger partial charge in [-0.15, -0.1) is 0 Å². The summed E-state index contributed by atoms with van der Waals surface area (Å²) in [6.07, 6.45) is 3.34. The molecule has 0 aliphatic rings. The first-order chi connectivity index (χ1) is 13.2. The molecule has 3 nitrogen and oxygen atoms in total. The molecule has 0 unspecified atom stereocenters. The van der Waals surface area contributed by atoms with Crippen molar-refractivity contribution in [2.24, 2.45) is 0 Å².